The third-order valence-electron chi connectivity index (χ3n) is 3.59. The molecule has 1 heterocycles. The van der Waals surface area contributed by atoms with Gasteiger partial charge in [-0.25, -0.2) is 4.99 Å². The van der Waals surface area contributed by atoms with Crippen molar-refractivity contribution >= 4 is 17.7 Å². The van der Waals surface area contributed by atoms with E-state index in [4.69, 9.17) is 0 Å². The lowest BCUT2D eigenvalue weighted by atomic mass is 10.2. The number of aromatic nitrogens is 3. The van der Waals surface area contributed by atoms with Crippen molar-refractivity contribution in [3.63, 3.8) is 0 Å². The fourth-order valence-corrected chi connectivity index (χ4v) is 3.20. The Kier molecular flexibility index (Phi) is 5.70. The molecule has 1 aromatic heterocycles. The van der Waals surface area contributed by atoms with Gasteiger partial charge >= 0.3 is 0 Å². The van der Waals surface area contributed by atoms with Crippen LogP contribution in [0.5, 0.6) is 0 Å². The molecular weight excluding hydrogens is 272 g/mol. The van der Waals surface area contributed by atoms with Gasteiger partial charge in [0.05, 0.1) is 0 Å². The second-order valence-electron chi connectivity index (χ2n) is 5.07. The molecule has 112 valence electrons. The lowest BCUT2D eigenvalue weighted by Crippen LogP contribution is -2.42. The van der Waals surface area contributed by atoms with Gasteiger partial charge in [0.15, 0.2) is 11.8 Å². The van der Waals surface area contributed by atoms with Crippen LogP contribution in [-0.2, 0) is 13.6 Å². The number of rotatable bonds is 5. The van der Waals surface area contributed by atoms with E-state index in [1.54, 1.807) is 6.33 Å². The number of nitrogens with zero attached hydrogens (tertiary/aromatic N) is 4. The summed E-state index contributed by atoms with van der Waals surface area (Å²) in [6.45, 7) is 3.49. The van der Waals surface area contributed by atoms with Crippen molar-refractivity contribution in [1.82, 2.24) is 25.4 Å². The first-order valence-electron chi connectivity index (χ1n) is 7.13. The molecule has 0 saturated heterocycles. The molecule has 2 N–H and O–H groups in total. The molecule has 0 amide bonds. The second-order valence-corrected chi connectivity index (χ2v) is 6.20. The highest BCUT2D eigenvalue weighted by Gasteiger charge is 2.24. The Balaban J connectivity index is 1.91. The molecule has 0 aliphatic heterocycles. The number of hydrogen-bond donors (Lipinski definition) is 2. The van der Waals surface area contributed by atoms with Gasteiger partial charge in [0.2, 0.25) is 0 Å². The topological polar surface area (TPSA) is 67.1 Å². The second kappa shape index (κ2) is 7.52. The highest BCUT2D eigenvalue weighted by molar-refractivity contribution is 7.99. The van der Waals surface area contributed by atoms with Gasteiger partial charge in [0.1, 0.15) is 12.9 Å². The first-order chi connectivity index (χ1) is 9.72. The zero-order chi connectivity index (χ0) is 14.4. The summed E-state index contributed by atoms with van der Waals surface area (Å²) in [5.74, 6) is 1.75. The molecule has 2 atom stereocenters. The van der Waals surface area contributed by atoms with Crippen LogP contribution in [0.25, 0.3) is 0 Å². The summed E-state index contributed by atoms with van der Waals surface area (Å²) in [7, 11) is 1.94. The summed E-state index contributed by atoms with van der Waals surface area (Å²) >= 11 is 1.97. The van der Waals surface area contributed by atoms with Crippen LogP contribution in [0.2, 0.25) is 0 Å². The van der Waals surface area contributed by atoms with Gasteiger partial charge in [-0.1, -0.05) is 0 Å². The Labute approximate surface area is 124 Å². The first kappa shape index (κ1) is 15.2. The van der Waals surface area contributed by atoms with E-state index in [2.05, 4.69) is 39.0 Å². The average molecular weight is 296 g/mol. The third kappa shape index (κ3) is 4.13. The predicted octanol–water partition coefficient (Wildman–Crippen LogP) is 1.15. The van der Waals surface area contributed by atoms with Crippen molar-refractivity contribution in [2.45, 2.75) is 44.0 Å². The van der Waals surface area contributed by atoms with Gasteiger partial charge in [0.25, 0.3) is 0 Å². The summed E-state index contributed by atoms with van der Waals surface area (Å²) in [5, 5.41) is 15.5. The molecule has 1 aliphatic rings. The molecular formula is C13H24N6S. The van der Waals surface area contributed by atoms with E-state index in [-0.39, 0.29) is 0 Å². The van der Waals surface area contributed by atoms with Crippen LogP contribution in [0.1, 0.15) is 32.0 Å². The van der Waals surface area contributed by atoms with Crippen molar-refractivity contribution in [3.05, 3.63) is 12.2 Å². The van der Waals surface area contributed by atoms with E-state index in [0.29, 0.717) is 12.6 Å². The standard InChI is InChI=1S/C13H24N6S/c1-4-14-13(15-8-12-18-16-9-19(12)2)17-10-5-6-11(7-10)20-3/h9-11H,4-8H2,1-3H3,(H2,14,15,17). The quantitative estimate of drug-likeness (QED) is 0.630. The molecule has 2 unspecified atom stereocenters. The third-order valence-corrected chi connectivity index (χ3v) is 4.68. The first-order valence-corrected chi connectivity index (χ1v) is 8.42. The Morgan fingerprint density at radius 2 is 2.40 bits per heavy atom. The minimum atomic E-state index is 0.532. The molecule has 20 heavy (non-hydrogen) atoms. The summed E-state index contributed by atoms with van der Waals surface area (Å²) in [4.78, 5) is 4.60. The molecule has 7 heteroatoms. The molecule has 0 aromatic carbocycles. The Morgan fingerprint density at radius 1 is 1.55 bits per heavy atom. The van der Waals surface area contributed by atoms with Crippen molar-refractivity contribution in [3.8, 4) is 0 Å². The number of aryl methyl sites for hydroxylation is 1. The predicted molar refractivity (Wildman–Crippen MR) is 83.9 cm³/mol. The summed E-state index contributed by atoms with van der Waals surface area (Å²) in [6, 6.07) is 0.532. The molecule has 1 aromatic rings. The number of nitrogens with one attached hydrogen (secondary N) is 2. The molecule has 1 saturated carbocycles. The summed E-state index contributed by atoms with van der Waals surface area (Å²) in [6.07, 6.45) is 7.63. The van der Waals surface area contributed by atoms with Crippen LogP contribution >= 0.6 is 11.8 Å². The van der Waals surface area contributed by atoms with Gasteiger partial charge in [-0.05, 0) is 32.4 Å². The van der Waals surface area contributed by atoms with Gasteiger partial charge < -0.3 is 15.2 Å². The molecule has 1 fully saturated rings. The fourth-order valence-electron chi connectivity index (χ4n) is 2.40. The summed E-state index contributed by atoms with van der Waals surface area (Å²) in [5.41, 5.74) is 0. The summed E-state index contributed by atoms with van der Waals surface area (Å²) < 4.78 is 1.90. The Bertz CT molecular complexity index is 444. The highest BCUT2D eigenvalue weighted by atomic mass is 32.2. The van der Waals surface area contributed by atoms with Gasteiger partial charge in [-0.3, -0.25) is 0 Å². The SMILES string of the molecule is CCNC(=NCc1nncn1C)NC1CCC(SC)C1. The zero-order valence-electron chi connectivity index (χ0n) is 12.5. The Hall–Kier alpha value is -1.24. The van der Waals surface area contributed by atoms with Crippen LogP contribution in [0, 0.1) is 0 Å². The normalized spacial score (nSPS) is 23.1. The van der Waals surface area contributed by atoms with Crippen LogP contribution in [0.15, 0.2) is 11.3 Å². The maximum Gasteiger partial charge on any atom is 0.191 e. The molecule has 2 rings (SSSR count). The number of aliphatic imine (C=N–C) groups is 1. The highest BCUT2D eigenvalue weighted by Crippen LogP contribution is 2.27. The molecule has 0 radical (unpaired) electrons. The monoisotopic (exact) mass is 296 g/mol. The molecule has 0 spiro atoms. The van der Waals surface area contributed by atoms with Crippen LogP contribution in [0.4, 0.5) is 0 Å². The van der Waals surface area contributed by atoms with Crippen molar-refractivity contribution < 1.29 is 0 Å². The van der Waals surface area contributed by atoms with Crippen LogP contribution in [0.3, 0.4) is 0 Å². The molecule has 0 bridgehead atoms. The van der Waals surface area contributed by atoms with E-state index in [9.17, 15) is 0 Å². The zero-order valence-corrected chi connectivity index (χ0v) is 13.3. The Morgan fingerprint density at radius 3 is 3.00 bits per heavy atom. The molecule has 6 nitrogen and oxygen atoms in total. The number of guanidine groups is 1. The van der Waals surface area contributed by atoms with E-state index in [0.717, 1.165) is 23.6 Å². The smallest absolute Gasteiger partial charge is 0.191 e. The minimum Gasteiger partial charge on any atom is -0.357 e. The maximum absolute atomic E-state index is 4.60. The lowest BCUT2D eigenvalue weighted by molar-refractivity contribution is 0.613. The van der Waals surface area contributed by atoms with E-state index in [1.165, 1.54) is 19.3 Å². The number of hydrogen-bond acceptors (Lipinski definition) is 4. The maximum atomic E-state index is 4.60. The minimum absolute atomic E-state index is 0.532. The van der Waals surface area contributed by atoms with Crippen LogP contribution < -0.4 is 10.6 Å². The largest absolute Gasteiger partial charge is 0.357 e. The van der Waals surface area contributed by atoms with Crippen LogP contribution in [-0.4, -0.2) is 44.8 Å². The lowest BCUT2D eigenvalue weighted by Gasteiger charge is -2.17. The number of thioether (sulfide) groups is 1. The van der Waals surface area contributed by atoms with E-state index < -0.39 is 0 Å². The molecule has 1 aliphatic carbocycles. The van der Waals surface area contributed by atoms with Crippen molar-refractivity contribution in [2.75, 3.05) is 12.8 Å². The van der Waals surface area contributed by atoms with Gasteiger partial charge in [-0.15, -0.1) is 10.2 Å². The van der Waals surface area contributed by atoms with E-state index in [1.807, 2.05) is 23.4 Å². The average Bonchev–Trinajstić information content (AvgIpc) is 3.05. The van der Waals surface area contributed by atoms with Crippen molar-refractivity contribution in [1.29, 1.82) is 0 Å². The van der Waals surface area contributed by atoms with Gasteiger partial charge in [-0.2, -0.15) is 11.8 Å². The van der Waals surface area contributed by atoms with E-state index >= 15 is 0 Å². The van der Waals surface area contributed by atoms with Crippen molar-refractivity contribution in [2.24, 2.45) is 12.0 Å². The van der Waals surface area contributed by atoms with Gasteiger partial charge in [0, 0.05) is 24.9 Å². The fraction of sp³-hybridized carbons (Fsp3) is 0.769.